The molecular formula is C18H25N3O2. The Morgan fingerprint density at radius 2 is 1.91 bits per heavy atom. The molecule has 1 N–H and O–H groups in total. The SMILES string of the molecule is COc1ccc(CCC(=O)NCCn2nc(C)c(C)c2C)cc1. The summed E-state index contributed by atoms with van der Waals surface area (Å²) in [6, 6.07) is 7.81. The van der Waals surface area contributed by atoms with E-state index in [-0.39, 0.29) is 5.91 Å². The Balaban J connectivity index is 1.73. The lowest BCUT2D eigenvalue weighted by atomic mass is 10.1. The van der Waals surface area contributed by atoms with Crippen LogP contribution in [0, 0.1) is 20.8 Å². The highest BCUT2D eigenvalue weighted by Crippen LogP contribution is 2.12. The van der Waals surface area contributed by atoms with Crippen LogP contribution >= 0.6 is 0 Å². The van der Waals surface area contributed by atoms with Gasteiger partial charge in [-0.3, -0.25) is 9.48 Å². The molecule has 0 aliphatic carbocycles. The van der Waals surface area contributed by atoms with Crippen LogP contribution in [0.4, 0.5) is 0 Å². The molecule has 5 heteroatoms. The molecule has 0 unspecified atom stereocenters. The van der Waals surface area contributed by atoms with Crippen molar-refractivity contribution in [1.29, 1.82) is 0 Å². The molecule has 0 saturated heterocycles. The summed E-state index contributed by atoms with van der Waals surface area (Å²) in [6.07, 6.45) is 1.22. The first-order valence-corrected chi connectivity index (χ1v) is 7.91. The number of rotatable bonds is 7. The highest BCUT2D eigenvalue weighted by molar-refractivity contribution is 5.76. The van der Waals surface area contributed by atoms with E-state index in [4.69, 9.17) is 4.74 Å². The second kappa shape index (κ2) is 7.81. The van der Waals surface area contributed by atoms with Crippen LogP contribution < -0.4 is 10.1 Å². The molecule has 0 radical (unpaired) electrons. The maximum atomic E-state index is 11.9. The summed E-state index contributed by atoms with van der Waals surface area (Å²) < 4.78 is 7.07. The van der Waals surface area contributed by atoms with E-state index in [0.717, 1.165) is 29.1 Å². The van der Waals surface area contributed by atoms with Crippen LogP contribution in [0.5, 0.6) is 5.75 Å². The molecule has 1 amide bonds. The van der Waals surface area contributed by atoms with Gasteiger partial charge in [-0.1, -0.05) is 12.1 Å². The zero-order valence-corrected chi connectivity index (χ0v) is 14.3. The minimum atomic E-state index is 0.0686. The number of nitrogens with zero attached hydrogens (tertiary/aromatic N) is 2. The summed E-state index contributed by atoms with van der Waals surface area (Å²) in [6.45, 7) is 7.44. The van der Waals surface area contributed by atoms with Gasteiger partial charge in [-0.2, -0.15) is 5.10 Å². The summed E-state index contributed by atoms with van der Waals surface area (Å²) >= 11 is 0. The molecule has 1 aromatic heterocycles. The Morgan fingerprint density at radius 3 is 2.48 bits per heavy atom. The lowest BCUT2D eigenvalue weighted by Crippen LogP contribution is -2.28. The molecule has 2 rings (SSSR count). The Hall–Kier alpha value is -2.30. The van der Waals surface area contributed by atoms with Crippen molar-refractivity contribution in [2.45, 2.75) is 40.2 Å². The first-order chi connectivity index (χ1) is 11.0. The first-order valence-electron chi connectivity index (χ1n) is 7.91. The third kappa shape index (κ3) is 4.58. The van der Waals surface area contributed by atoms with E-state index in [2.05, 4.69) is 24.3 Å². The van der Waals surface area contributed by atoms with E-state index in [9.17, 15) is 4.79 Å². The normalized spacial score (nSPS) is 10.6. The first kappa shape index (κ1) is 17.1. The largest absolute Gasteiger partial charge is 0.497 e. The smallest absolute Gasteiger partial charge is 0.220 e. The Bertz CT molecular complexity index is 660. The highest BCUT2D eigenvalue weighted by Gasteiger charge is 2.07. The van der Waals surface area contributed by atoms with Crippen molar-refractivity contribution in [1.82, 2.24) is 15.1 Å². The van der Waals surface area contributed by atoms with Gasteiger partial charge in [0.2, 0.25) is 5.91 Å². The number of amides is 1. The predicted molar refractivity (Wildman–Crippen MR) is 90.8 cm³/mol. The van der Waals surface area contributed by atoms with Crippen LogP contribution in [0.1, 0.15) is 28.9 Å². The van der Waals surface area contributed by atoms with Gasteiger partial charge < -0.3 is 10.1 Å². The highest BCUT2D eigenvalue weighted by atomic mass is 16.5. The molecule has 0 bridgehead atoms. The van der Waals surface area contributed by atoms with E-state index in [1.54, 1.807) is 7.11 Å². The number of benzene rings is 1. The van der Waals surface area contributed by atoms with Crippen LogP contribution in [0.2, 0.25) is 0 Å². The Kier molecular flexibility index (Phi) is 5.79. The molecule has 5 nitrogen and oxygen atoms in total. The topological polar surface area (TPSA) is 56.1 Å². The molecule has 0 saturated carbocycles. The molecular weight excluding hydrogens is 290 g/mol. The van der Waals surface area contributed by atoms with Gasteiger partial charge in [0.25, 0.3) is 0 Å². The fourth-order valence-corrected chi connectivity index (χ4v) is 2.44. The number of aromatic nitrogens is 2. The maximum absolute atomic E-state index is 11.9. The van der Waals surface area contributed by atoms with Gasteiger partial charge in [0.1, 0.15) is 5.75 Å². The minimum absolute atomic E-state index is 0.0686. The third-order valence-electron chi connectivity index (χ3n) is 4.19. The van der Waals surface area contributed by atoms with Crippen LogP contribution in [-0.4, -0.2) is 29.3 Å². The number of carbonyl (C=O) groups is 1. The summed E-state index contributed by atoms with van der Waals surface area (Å²) in [4.78, 5) is 11.9. The molecule has 0 aliphatic heterocycles. The van der Waals surface area contributed by atoms with E-state index in [1.165, 1.54) is 5.56 Å². The van der Waals surface area contributed by atoms with Gasteiger partial charge in [-0.05, 0) is 50.5 Å². The number of hydrogen-bond donors (Lipinski definition) is 1. The molecule has 23 heavy (non-hydrogen) atoms. The molecule has 0 fully saturated rings. The Labute approximate surface area is 137 Å². The summed E-state index contributed by atoms with van der Waals surface area (Å²) in [5, 5.41) is 7.43. The quantitative estimate of drug-likeness (QED) is 0.854. The van der Waals surface area contributed by atoms with Crippen molar-refractivity contribution in [3.63, 3.8) is 0 Å². The van der Waals surface area contributed by atoms with Gasteiger partial charge in [0, 0.05) is 18.7 Å². The van der Waals surface area contributed by atoms with E-state index >= 15 is 0 Å². The van der Waals surface area contributed by atoms with E-state index < -0.39 is 0 Å². The summed E-state index contributed by atoms with van der Waals surface area (Å²) in [7, 11) is 1.65. The van der Waals surface area contributed by atoms with Crippen LogP contribution in [-0.2, 0) is 17.8 Å². The lowest BCUT2D eigenvalue weighted by Gasteiger charge is -2.07. The van der Waals surface area contributed by atoms with Crippen molar-refractivity contribution < 1.29 is 9.53 Å². The summed E-state index contributed by atoms with van der Waals surface area (Å²) in [5.41, 5.74) is 4.56. The minimum Gasteiger partial charge on any atom is -0.497 e. The fraction of sp³-hybridized carbons (Fsp3) is 0.444. The molecule has 1 heterocycles. The predicted octanol–water partition coefficient (Wildman–Crippen LogP) is 2.57. The zero-order valence-electron chi connectivity index (χ0n) is 14.3. The average molecular weight is 315 g/mol. The van der Waals surface area contributed by atoms with Gasteiger partial charge >= 0.3 is 0 Å². The van der Waals surface area contributed by atoms with Gasteiger partial charge in [0.05, 0.1) is 19.3 Å². The van der Waals surface area contributed by atoms with Crippen molar-refractivity contribution in [3.05, 3.63) is 46.8 Å². The molecule has 1 aromatic carbocycles. The van der Waals surface area contributed by atoms with Gasteiger partial charge in [-0.25, -0.2) is 0 Å². The molecule has 0 spiro atoms. The van der Waals surface area contributed by atoms with Crippen molar-refractivity contribution in [2.24, 2.45) is 0 Å². The average Bonchev–Trinajstić information content (AvgIpc) is 2.80. The van der Waals surface area contributed by atoms with Crippen molar-refractivity contribution in [3.8, 4) is 5.75 Å². The standard InChI is InChI=1S/C18H25N3O2/c1-13-14(2)20-21(15(13)3)12-11-19-18(22)10-7-16-5-8-17(23-4)9-6-16/h5-6,8-9H,7,10-12H2,1-4H3,(H,19,22). The van der Waals surface area contributed by atoms with Crippen LogP contribution in [0.15, 0.2) is 24.3 Å². The maximum Gasteiger partial charge on any atom is 0.220 e. The molecule has 124 valence electrons. The zero-order chi connectivity index (χ0) is 16.8. The molecule has 0 aliphatic rings. The number of methoxy groups -OCH3 is 1. The second-order valence-corrected chi connectivity index (χ2v) is 5.72. The third-order valence-corrected chi connectivity index (χ3v) is 4.19. The van der Waals surface area contributed by atoms with Crippen molar-refractivity contribution in [2.75, 3.05) is 13.7 Å². The van der Waals surface area contributed by atoms with Crippen LogP contribution in [0.3, 0.4) is 0 Å². The molecule has 0 atom stereocenters. The van der Waals surface area contributed by atoms with Gasteiger partial charge in [-0.15, -0.1) is 0 Å². The van der Waals surface area contributed by atoms with E-state index in [1.807, 2.05) is 35.9 Å². The number of hydrogen-bond acceptors (Lipinski definition) is 3. The van der Waals surface area contributed by atoms with Gasteiger partial charge in [0.15, 0.2) is 0 Å². The number of nitrogens with one attached hydrogen (secondary N) is 1. The van der Waals surface area contributed by atoms with E-state index in [0.29, 0.717) is 19.5 Å². The monoisotopic (exact) mass is 315 g/mol. The van der Waals surface area contributed by atoms with Crippen molar-refractivity contribution >= 4 is 5.91 Å². The number of carbonyl (C=O) groups excluding carboxylic acids is 1. The second-order valence-electron chi connectivity index (χ2n) is 5.72. The fourth-order valence-electron chi connectivity index (χ4n) is 2.44. The number of ether oxygens (including phenoxy) is 1. The van der Waals surface area contributed by atoms with Crippen LogP contribution in [0.25, 0.3) is 0 Å². The molecule has 2 aromatic rings. The number of aryl methyl sites for hydroxylation is 2. The summed E-state index contributed by atoms with van der Waals surface area (Å²) in [5.74, 6) is 0.900. The Morgan fingerprint density at radius 1 is 1.22 bits per heavy atom. The lowest BCUT2D eigenvalue weighted by molar-refractivity contribution is -0.121.